The summed E-state index contributed by atoms with van der Waals surface area (Å²) >= 11 is 0. The number of rotatable bonds is 5. The third-order valence-electron chi connectivity index (χ3n) is 3.13. The van der Waals surface area contributed by atoms with Crippen LogP contribution in [0.15, 0.2) is 18.2 Å². The first kappa shape index (κ1) is 15.9. The van der Waals surface area contributed by atoms with Gasteiger partial charge in [-0.2, -0.15) is 0 Å². The molecule has 20 heavy (non-hydrogen) atoms. The van der Waals surface area contributed by atoms with Gasteiger partial charge in [-0.25, -0.2) is 4.39 Å². The highest BCUT2D eigenvalue weighted by Gasteiger charge is 2.21. The Bertz CT molecular complexity index is 517. The number of carboxylic acids is 1. The lowest BCUT2D eigenvalue weighted by Crippen LogP contribution is -2.28. The largest absolute Gasteiger partial charge is 0.481 e. The molecule has 1 aromatic carbocycles. The van der Waals surface area contributed by atoms with Crippen molar-refractivity contribution in [2.24, 2.45) is 5.92 Å². The summed E-state index contributed by atoms with van der Waals surface area (Å²) < 4.78 is 14.0. The van der Waals surface area contributed by atoms with Crippen LogP contribution >= 0.6 is 0 Å². The number of carbonyl (C=O) groups excluding carboxylic acids is 1. The quantitative estimate of drug-likeness (QED) is 0.813. The molecule has 0 fully saturated rings. The normalized spacial score (nSPS) is 12.1. The molecular weight excluding hydrogens is 263 g/mol. The molecular formula is C14H19FN2O3. The fourth-order valence-corrected chi connectivity index (χ4v) is 1.51. The minimum atomic E-state index is -1.22. The predicted molar refractivity (Wildman–Crippen MR) is 75.4 cm³/mol. The van der Waals surface area contributed by atoms with Crippen molar-refractivity contribution in [2.75, 3.05) is 17.3 Å². The maximum absolute atomic E-state index is 14.0. The van der Waals surface area contributed by atoms with Gasteiger partial charge in [-0.05, 0) is 39.0 Å². The van der Waals surface area contributed by atoms with Crippen molar-refractivity contribution in [3.8, 4) is 0 Å². The number of aliphatic carboxylic acids is 1. The first-order valence-corrected chi connectivity index (χ1v) is 6.30. The second kappa shape index (κ2) is 6.36. The van der Waals surface area contributed by atoms with Crippen molar-refractivity contribution in [2.45, 2.75) is 26.8 Å². The summed E-state index contributed by atoms with van der Waals surface area (Å²) in [5.74, 6) is -3.56. The molecule has 0 aromatic heterocycles. The molecule has 1 atom stereocenters. The second-order valence-corrected chi connectivity index (χ2v) is 4.92. The predicted octanol–water partition coefficient (Wildman–Crippen LogP) is 2.33. The van der Waals surface area contributed by atoms with Crippen LogP contribution in [0.3, 0.4) is 0 Å². The summed E-state index contributed by atoms with van der Waals surface area (Å²) in [5.41, 5.74) is 0.658. The van der Waals surface area contributed by atoms with E-state index in [0.717, 1.165) is 0 Å². The Hall–Kier alpha value is -2.11. The topological polar surface area (TPSA) is 69.6 Å². The van der Waals surface area contributed by atoms with Gasteiger partial charge in [0, 0.05) is 18.8 Å². The van der Waals surface area contributed by atoms with Gasteiger partial charge in [0.15, 0.2) is 0 Å². The number of halogens is 1. The van der Waals surface area contributed by atoms with Crippen molar-refractivity contribution in [1.29, 1.82) is 0 Å². The number of nitrogens with one attached hydrogen (secondary N) is 1. The van der Waals surface area contributed by atoms with Crippen LogP contribution in [0.1, 0.15) is 20.8 Å². The zero-order valence-corrected chi connectivity index (χ0v) is 12.0. The minimum Gasteiger partial charge on any atom is -0.481 e. The van der Waals surface area contributed by atoms with E-state index in [1.54, 1.807) is 24.1 Å². The lowest BCUT2D eigenvalue weighted by Gasteiger charge is -2.24. The van der Waals surface area contributed by atoms with Crippen LogP contribution in [0, 0.1) is 11.7 Å². The Kier molecular flexibility index (Phi) is 5.07. The summed E-state index contributed by atoms with van der Waals surface area (Å²) in [4.78, 5) is 24.0. The van der Waals surface area contributed by atoms with Crippen molar-refractivity contribution >= 4 is 23.3 Å². The number of anilines is 2. The van der Waals surface area contributed by atoms with E-state index in [2.05, 4.69) is 5.32 Å². The molecule has 0 radical (unpaired) electrons. The number of carboxylic acid groups (broad SMARTS) is 1. The third kappa shape index (κ3) is 3.69. The molecule has 6 heteroatoms. The lowest BCUT2D eigenvalue weighted by molar-refractivity contribution is -0.144. The Balaban J connectivity index is 2.88. The number of amides is 1. The van der Waals surface area contributed by atoms with Crippen LogP contribution in [0.5, 0.6) is 0 Å². The van der Waals surface area contributed by atoms with Crippen LogP contribution in [0.4, 0.5) is 15.8 Å². The molecule has 5 nitrogen and oxygen atoms in total. The van der Waals surface area contributed by atoms with Gasteiger partial charge in [-0.3, -0.25) is 9.59 Å². The summed E-state index contributed by atoms with van der Waals surface area (Å²) in [7, 11) is 1.77. The van der Waals surface area contributed by atoms with E-state index >= 15 is 0 Å². The second-order valence-electron chi connectivity index (χ2n) is 4.92. The Labute approximate surface area is 117 Å². The van der Waals surface area contributed by atoms with E-state index in [1.165, 1.54) is 13.0 Å². The number of nitrogens with zero attached hydrogens (tertiary/aromatic N) is 1. The third-order valence-corrected chi connectivity index (χ3v) is 3.13. The van der Waals surface area contributed by atoms with Crippen molar-refractivity contribution in [1.82, 2.24) is 0 Å². The van der Waals surface area contributed by atoms with E-state index in [9.17, 15) is 14.0 Å². The van der Waals surface area contributed by atoms with Crippen molar-refractivity contribution in [3.63, 3.8) is 0 Å². The van der Waals surface area contributed by atoms with Crippen LogP contribution < -0.4 is 10.2 Å². The first-order valence-electron chi connectivity index (χ1n) is 6.30. The van der Waals surface area contributed by atoms with E-state index in [-0.39, 0.29) is 11.7 Å². The van der Waals surface area contributed by atoms with E-state index < -0.39 is 23.6 Å². The standard InChI is InChI=1S/C14H19FN2O3/c1-8(2)17(4)12-6-5-10(7-11(12)15)16-13(18)9(3)14(19)20/h5-9H,1-4H3,(H,16,18)(H,19,20). The van der Waals surface area contributed by atoms with Gasteiger partial charge in [0.2, 0.25) is 5.91 Å². The molecule has 0 heterocycles. The molecule has 0 saturated heterocycles. The number of hydrogen-bond acceptors (Lipinski definition) is 3. The molecule has 0 aliphatic heterocycles. The Morgan fingerprint density at radius 3 is 2.35 bits per heavy atom. The molecule has 1 amide bonds. The molecule has 0 bridgehead atoms. The van der Waals surface area contributed by atoms with Crippen LogP contribution in [-0.2, 0) is 9.59 Å². The highest BCUT2D eigenvalue weighted by Crippen LogP contribution is 2.23. The molecule has 2 N–H and O–H groups in total. The number of hydrogen-bond donors (Lipinski definition) is 2. The van der Waals surface area contributed by atoms with Gasteiger partial charge in [0.25, 0.3) is 0 Å². The van der Waals surface area contributed by atoms with Gasteiger partial charge in [-0.15, -0.1) is 0 Å². The fourth-order valence-electron chi connectivity index (χ4n) is 1.51. The smallest absolute Gasteiger partial charge is 0.315 e. The summed E-state index contributed by atoms with van der Waals surface area (Å²) in [5, 5.41) is 11.1. The number of carbonyl (C=O) groups is 2. The summed E-state index contributed by atoms with van der Waals surface area (Å²) in [6.45, 7) is 5.14. The first-order chi connectivity index (χ1) is 9.23. The molecule has 0 aliphatic rings. The molecule has 1 unspecified atom stereocenters. The highest BCUT2D eigenvalue weighted by molar-refractivity contribution is 6.03. The average Bonchev–Trinajstić information content (AvgIpc) is 2.36. The van der Waals surface area contributed by atoms with Crippen molar-refractivity contribution in [3.05, 3.63) is 24.0 Å². The lowest BCUT2D eigenvalue weighted by atomic mass is 10.1. The van der Waals surface area contributed by atoms with Gasteiger partial charge in [-0.1, -0.05) is 0 Å². The molecule has 110 valence electrons. The Morgan fingerprint density at radius 1 is 1.30 bits per heavy atom. The minimum absolute atomic E-state index is 0.136. The van der Waals surface area contributed by atoms with Crippen LogP contribution in [0.25, 0.3) is 0 Å². The van der Waals surface area contributed by atoms with E-state index in [4.69, 9.17) is 5.11 Å². The Morgan fingerprint density at radius 2 is 1.90 bits per heavy atom. The van der Waals surface area contributed by atoms with E-state index in [1.807, 2.05) is 13.8 Å². The van der Waals surface area contributed by atoms with Gasteiger partial charge < -0.3 is 15.3 Å². The van der Waals surface area contributed by atoms with Crippen LogP contribution in [0.2, 0.25) is 0 Å². The van der Waals surface area contributed by atoms with E-state index in [0.29, 0.717) is 5.69 Å². The molecule has 0 saturated carbocycles. The average molecular weight is 282 g/mol. The highest BCUT2D eigenvalue weighted by atomic mass is 19.1. The van der Waals surface area contributed by atoms with Gasteiger partial charge in [0.05, 0.1) is 5.69 Å². The molecule has 0 aliphatic carbocycles. The van der Waals surface area contributed by atoms with Crippen LogP contribution in [-0.4, -0.2) is 30.1 Å². The monoisotopic (exact) mass is 282 g/mol. The SMILES string of the molecule is CC(C(=O)O)C(=O)Nc1ccc(N(C)C(C)C)c(F)c1. The van der Waals surface area contributed by atoms with Gasteiger partial charge in [0.1, 0.15) is 11.7 Å². The molecule has 1 rings (SSSR count). The zero-order valence-electron chi connectivity index (χ0n) is 12.0. The number of benzene rings is 1. The zero-order chi connectivity index (χ0) is 15.4. The van der Waals surface area contributed by atoms with Gasteiger partial charge >= 0.3 is 5.97 Å². The maximum atomic E-state index is 14.0. The summed E-state index contributed by atoms with van der Waals surface area (Å²) in [6, 6.07) is 4.41. The fraction of sp³-hybridized carbons (Fsp3) is 0.429. The maximum Gasteiger partial charge on any atom is 0.315 e. The summed E-state index contributed by atoms with van der Waals surface area (Å²) in [6.07, 6.45) is 0. The molecule has 1 aromatic rings. The van der Waals surface area contributed by atoms with Crippen molar-refractivity contribution < 1.29 is 19.1 Å². The molecule has 0 spiro atoms.